The van der Waals surface area contributed by atoms with Gasteiger partial charge in [0, 0.05) is 37.3 Å². The fourth-order valence-corrected chi connectivity index (χ4v) is 2.50. The van der Waals surface area contributed by atoms with Crippen LogP contribution in [-0.4, -0.2) is 55.4 Å². The summed E-state index contributed by atoms with van der Waals surface area (Å²) in [6.07, 6.45) is 2.28. The number of hydrogen-bond donors (Lipinski definition) is 2. The first kappa shape index (κ1) is 12.3. The van der Waals surface area contributed by atoms with Crippen molar-refractivity contribution in [3.8, 4) is 0 Å². The van der Waals surface area contributed by atoms with Gasteiger partial charge in [-0.3, -0.25) is 4.90 Å². The first-order chi connectivity index (χ1) is 7.58. The number of nitrogens with two attached hydrogens (primary N) is 1. The van der Waals surface area contributed by atoms with E-state index in [1.165, 1.54) is 0 Å². The molecule has 0 aromatic carbocycles. The van der Waals surface area contributed by atoms with Crippen molar-refractivity contribution in [1.82, 2.24) is 10.2 Å². The van der Waals surface area contributed by atoms with Gasteiger partial charge in [-0.25, -0.2) is 0 Å². The van der Waals surface area contributed by atoms with Crippen LogP contribution in [0.4, 0.5) is 0 Å². The Hall–Kier alpha value is -0.160. The summed E-state index contributed by atoms with van der Waals surface area (Å²) < 4.78 is 5.39. The molecule has 4 nitrogen and oxygen atoms in total. The third-order valence-electron chi connectivity index (χ3n) is 3.87. The molecule has 0 bridgehead atoms. The minimum atomic E-state index is 0.226. The van der Waals surface area contributed by atoms with Crippen LogP contribution in [-0.2, 0) is 4.74 Å². The summed E-state index contributed by atoms with van der Waals surface area (Å²) in [5, 5.41) is 3.62. The molecule has 0 amide bonds. The third-order valence-corrected chi connectivity index (χ3v) is 3.87. The van der Waals surface area contributed by atoms with E-state index in [1.807, 2.05) is 0 Å². The van der Waals surface area contributed by atoms with Crippen molar-refractivity contribution in [2.45, 2.75) is 44.3 Å². The van der Waals surface area contributed by atoms with Gasteiger partial charge in [-0.15, -0.1) is 0 Å². The lowest BCUT2D eigenvalue weighted by molar-refractivity contribution is -0.0113. The molecular formula is C12H25N3O. The number of ether oxygens (including phenoxy) is 1. The second-order valence-corrected chi connectivity index (χ2v) is 5.72. The normalized spacial score (nSPS) is 32.4. The van der Waals surface area contributed by atoms with Crippen molar-refractivity contribution in [1.29, 1.82) is 0 Å². The van der Waals surface area contributed by atoms with Crippen molar-refractivity contribution < 1.29 is 4.74 Å². The van der Waals surface area contributed by atoms with E-state index in [4.69, 9.17) is 10.5 Å². The van der Waals surface area contributed by atoms with Gasteiger partial charge in [-0.05, 0) is 26.7 Å². The van der Waals surface area contributed by atoms with Gasteiger partial charge in [0.25, 0.3) is 0 Å². The van der Waals surface area contributed by atoms with Crippen LogP contribution in [0, 0.1) is 0 Å². The monoisotopic (exact) mass is 227 g/mol. The Kier molecular flexibility index (Phi) is 3.85. The Bertz CT molecular complexity index is 220. The van der Waals surface area contributed by atoms with Crippen molar-refractivity contribution >= 4 is 0 Å². The Balaban J connectivity index is 1.73. The molecule has 16 heavy (non-hydrogen) atoms. The average molecular weight is 227 g/mol. The van der Waals surface area contributed by atoms with Crippen molar-refractivity contribution in [2.75, 3.05) is 32.8 Å². The molecule has 94 valence electrons. The molecule has 2 aliphatic rings. The van der Waals surface area contributed by atoms with Gasteiger partial charge in [0.1, 0.15) is 0 Å². The summed E-state index contributed by atoms with van der Waals surface area (Å²) in [7, 11) is 0. The molecule has 3 N–H and O–H groups in total. The zero-order chi connectivity index (χ0) is 11.6. The molecule has 0 atom stereocenters. The van der Waals surface area contributed by atoms with Gasteiger partial charge in [0.05, 0.1) is 13.2 Å². The lowest BCUT2D eigenvalue weighted by Crippen LogP contribution is -2.58. The molecule has 0 radical (unpaired) electrons. The summed E-state index contributed by atoms with van der Waals surface area (Å²) in [5.41, 5.74) is 6.01. The minimum Gasteiger partial charge on any atom is -0.379 e. The van der Waals surface area contributed by atoms with Crippen LogP contribution in [0.3, 0.4) is 0 Å². The number of hydrogen-bond acceptors (Lipinski definition) is 4. The Labute approximate surface area is 98.5 Å². The molecule has 0 spiro atoms. The predicted molar refractivity (Wildman–Crippen MR) is 65.5 cm³/mol. The molecular weight excluding hydrogens is 202 g/mol. The number of rotatable bonds is 4. The lowest BCUT2D eigenvalue weighted by atomic mass is 9.87. The van der Waals surface area contributed by atoms with Crippen LogP contribution in [0.25, 0.3) is 0 Å². The van der Waals surface area contributed by atoms with Gasteiger partial charge in [0.15, 0.2) is 0 Å². The predicted octanol–water partition coefficient (Wildman–Crippen LogP) is 0.177. The molecule has 4 heteroatoms. The minimum absolute atomic E-state index is 0.226. The van der Waals surface area contributed by atoms with E-state index >= 15 is 0 Å². The van der Waals surface area contributed by atoms with E-state index in [-0.39, 0.29) is 5.54 Å². The highest BCUT2D eigenvalue weighted by atomic mass is 16.5. The van der Waals surface area contributed by atoms with Crippen molar-refractivity contribution in [3.63, 3.8) is 0 Å². The Morgan fingerprint density at radius 2 is 1.94 bits per heavy atom. The summed E-state index contributed by atoms with van der Waals surface area (Å²) in [6.45, 7) is 9.52. The zero-order valence-corrected chi connectivity index (χ0v) is 10.5. The Morgan fingerprint density at radius 1 is 1.31 bits per heavy atom. The molecule has 1 saturated heterocycles. The van der Waals surface area contributed by atoms with Gasteiger partial charge in [-0.1, -0.05) is 0 Å². The van der Waals surface area contributed by atoms with Crippen LogP contribution in [0.1, 0.15) is 26.7 Å². The van der Waals surface area contributed by atoms with E-state index in [2.05, 4.69) is 24.1 Å². The van der Waals surface area contributed by atoms with Crippen LogP contribution in [0.15, 0.2) is 0 Å². The number of morpholine rings is 1. The lowest BCUT2D eigenvalue weighted by Gasteiger charge is -2.43. The summed E-state index contributed by atoms with van der Waals surface area (Å²) in [4.78, 5) is 2.52. The average Bonchev–Trinajstić information content (AvgIpc) is 2.24. The van der Waals surface area contributed by atoms with Gasteiger partial charge < -0.3 is 15.8 Å². The van der Waals surface area contributed by atoms with Gasteiger partial charge in [0.2, 0.25) is 0 Å². The number of nitrogens with zero attached hydrogens (tertiary/aromatic N) is 1. The van der Waals surface area contributed by atoms with Crippen molar-refractivity contribution in [2.24, 2.45) is 5.73 Å². The standard InChI is InChI=1S/C12H25N3O/c1-12(2,15-3-5-16-6-4-15)9-14-11-7-10(13)8-11/h10-11,14H,3-9,13H2,1-2H3. The highest BCUT2D eigenvalue weighted by molar-refractivity contribution is 4.92. The smallest absolute Gasteiger partial charge is 0.0594 e. The fraction of sp³-hybridized carbons (Fsp3) is 1.00. The Morgan fingerprint density at radius 3 is 2.50 bits per heavy atom. The molecule has 0 unspecified atom stereocenters. The maximum Gasteiger partial charge on any atom is 0.0594 e. The molecule has 1 aliphatic carbocycles. The van der Waals surface area contributed by atoms with Crippen molar-refractivity contribution in [3.05, 3.63) is 0 Å². The molecule has 1 aliphatic heterocycles. The van der Waals surface area contributed by atoms with E-state index in [1.54, 1.807) is 0 Å². The number of nitrogens with one attached hydrogen (secondary N) is 1. The van der Waals surface area contributed by atoms with E-state index in [0.29, 0.717) is 12.1 Å². The molecule has 1 saturated carbocycles. The highest BCUT2D eigenvalue weighted by Crippen LogP contribution is 2.20. The van der Waals surface area contributed by atoms with Crippen LogP contribution in [0.5, 0.6) is 0 Å². The molecule has 2 rings (SSSR count). The first-order valence-electron chi connectivity index (χ1n) is 6.40. The van der Waals surface area contributed by atoms with E-state index in [0.717, 1.165) is 45.7 Å². The maximum absolute atomic E-state index is 5.78. The van der Waals surface area contributed by atoms with Crippen LogP contribution >= 0.6 is 0 Å². The topological polar surface area (TPSA) is 50.5 Å². The van der Waals surface area contributed by atoms with Gasteiger partial charge >= 0.3 is 0 Å². The van der Waals surface area contributed by atoms with Gasteiger partial charge in [-0.2, -0.15) is 0 Å². The molecule has 0 aromatic rings. The first-order valence-corrected chi connectivity index (χ1v) is 6.40. The van der Waals surface area contributed by atoms with Crippen LogP contribution < -0.4 is 11.1 Å². The SMILES string of the molecule is CC(C)(CNC1CC(N)C1)N1CCOCC1. The second kappa shape index (κ2) is 5.00. The van der Waals surface area contributed by atoms with E-state index < -0.39 is 0 Å². The second-order valence-electron chi connectivity index (χ2n) is 5.72. The zero-order valence-electron chi connectivity index (χ0n) is 10.5. The summed E-state index contributed by atoms with van der Waals surface area (Å²) in [5.74, 6) is 0. The summed E-state index contributed by atoms with van der Waals surface area (Å²) in [6, 6.07) is 1.08. The van der Waals surface area contributed by atoms with Crippen LogP contribution in [0.2, 0.25) is 0 Å². The largest absolute Gasteiger partial charge is 0.379 e. The third kappa shape index (κ3) is 2.94. The van der Waals surface area contributed by atoms with E-state index in [9.17, 15) is 0 Å². The quantitative estimate of drug-likeness (QED) is 0.719. The molecule has 0 aromatic heterocycles. The fourth-order valence-electron chi connectivity index (χ4n) is 2.50. The summed E-state index contributed by atoms with van der Waals surface area (Å²) >= 11 is 0. The molecule has 2 fully saturated rings. The highest BCUT2D eigenvalue weighted by Gasteiger charge is 2.31. The maximum atomic E-state index is 5.78. The molecule has 1 heterocycles.